The Kier molecular flexibility index (Phi) is 4.77. The van der Waals surface area contributed by atoms with Crippen LogP contribution in [0.3, 0.4) is 0 Å². The van der Waals surface area contributed by atoms with Crippen molar-refractivity contribution in [2.75, 3.05) is 0 Å². The van der Waals surface area contributed by atoms with Crippen LogP contribution in [0.25, 0.3) is 0 Å². The summed E-state index contributed by atoms with van der Waals surface area (Å²) in [5, 5.41) is 7.05. The molecule has 1 saturated carbocycles. The summed E-state index contributed by atoms with van der Waals surface area (Å²) in [6, 6.07) is 12.6. The van der Waals surface area contributed by atoms with Gasteiger partial charge in [0.2, 0.25) is 5.89 Å². The van der Waals surface area contributed by atoms with Gasteiger partial charge < -0.3 is 20.0 Å². The van der Waals surface area contributed by atoms with Crippen LogP contribution in [0.5, 0.6) is 0 Å². The summed E-state index contributed by atoms with van der Waals surface area (Å²) in [4.78, 5) is 17.0. The number of hydrogen-bond donors (Lipinski definition) is 2. The molecule has 2 heterocycles. The topological polar surface area (TPSA) is 107 Å². The lowest BCUT2D eigenvalue weighted by Crippen LogP contribution is -2.35. The van der Waals surface area contributed by atoms with Crippen LogP contribution in [-0.4, -0.2) is 16.0 Å². The minimum absolute atomic E-state index is 0.235. The maximum absolute atomic E-state index is 12.5. The number of carbonyl (C=O) groups excluding carboxylic acids is 1. The Hall–Kier alpha value is -2.93. The van der Waals surface area contributed by atoms with Crippen LogP contribution in [0.4, 0.5) is 0 Å². The third-order valence-electron chi connectivity index (χ3n) is 5.01. The van der Waals surface area contributed by atoms with Crippen molar-refractivity contribution in [3.63, 3.8) is 0 Å². The van der Waals surface area contributed by atoms with Gasteiger partial charge in [-0.1, -0.05) is 48.3 Å². The monoisotopic (exact) mass is 366 g/mol. The van der Waals surface area contributed by atoms with Crippen molar-refractivity contribution in [3.8, 4) is 0 Å². The lowest BCUT2D eigenvalue weighted by molar-refractivity contribution is 0.0900. The normalized spacial score (nSPS) is 16.9. The minimum Gasteiger partial charge on any atom is -0.459 e. The molecular formula is C20H22N4O3. The van der Waals surface area contributed by atoms with Crippen molar-refractivity contribution in [2.24, 2.45) is 5.73 Å². The van der Waals surface area contributed by atoms with Crippen molar-refractivity contribution >= 4 is 5.91 Å². The average Bonchev–Trinajstić information content (AvgIpc) is 3.43. The molecule has 1 amide bonds. The number of nitrogens with zero attached hydrogens (tertiary/aromatic N) is 2. The number of rotatable bonds is 6. The van der Waals surface area contributed by atoms with E-state index in [0.717, 1.165) is 31.2 Å². The van der Waals surface area contributed by atoms with E-state index in [9.17, 15) is 4.79 Å². The summed E-state index contributed by atoms with van der Waals surface area (Å²) in [5.74, 6) is 0.772. The summed E-state index contributed by atoms with van der Waals surface area (Å²) in [7, 11) is 0. The van der Waals surface area contributed by atoms with Crippen LogP contribution < -0.4 is 11.1 Å². The fourth-order valence-electron chi connectivity index (χ4n) is 3.50. The first-order valence-electron chi connectivity index (χ1n) is 9.15. The van der Waals surface area contributed by atoms with Crippen molar-refractivity contribution in [3.05, 3.63) is 71.8 Å². The zero-order valence-corrected chi connectivity index (χ0v) is 14.9. The van der Waals surface area contributed by atoms with Crippen molar-refractivity contribution < 1.29 is 13.7 Å². The molecule has 27 heavy (non-hydrogen) atoms. The summed E-state index contributed by atoms with van der Waals surface area (Å²) < 4.78 is 10.7. The van der Waals surface area contributed by atoms with E-state index >= 15 is 0 Å². The van der Waals surface area contributed by atoms with Crippen LogP contribution in [0, 0.1) is 0 Å². The van der Waals surface area contributed by atoms with E-state index in [0.29, 0.717) is 18.1 Å². The van der Waals surface area contributed by atoms with Crippen molar-refractivity contribution in [2.45, 2.75) is 43.7 Å². The molecule has 0 radical (unpaired) electrons. The van der Waals surface area contributed by atoms with E-state index in [1.807, 2.05) is 30.3 Å². The minimum atomic E-state index is -0.538. The van der Waals surface area contributed by atoms with Gasteiger partial charge in [0, 0.05) is 6.42 Å². The molecule has 3 N–H and O–H groups in total. The third kappa shape index (κ3) is 3.78. The maximum Gasteiger partial charge on any atom is 0.287 e. The first kappa shape index (κ1) is 17.5. The summed E-state index contributed by atoms with van der Waals surface area (Å²) >= 11 is 0. The molecule has 0 bridgehead atoms. The number of amides is 1. The van der Waals surface area contributed by atoms with E-state index in [1.54, 1.807) is 12.1 Å². The summed E-state index contributed by atoms with van der Waals surface area (Å²) in [6.45, 7) is 0. The quantitative estimate of drug-likeness (QED) is 0.694. The number of furan rings is 1. The predicted octanol–water partition coefficient (Wildman–Crippen LogP) is 3.10. The lowest BCUT2D eigenvalue weighted by atomic mass is 9.98. The molecule has 1 aliphatic carbocycles. The molecule has 3 aromatic rings. The average molecular weight is 366 g/mol. The molecule has 1 unspecified atom stereocenters. The molecule has 7 nitrogen and oxygen atoms in total. The highest BCUT2D eigenvalue weighted by Gasteiger charge is 2.37. The molecule has 1 fully saturated rings. The molecule has 140 valence electrons. The molecule has 1 atom stereocenters. The zero-order valence-electron chi connectivity index (χ0n) is 14.9. The zero-order chi connectivity index (χ0) is 18.7. The Labute approximate surface area is 156 Å². The molecule has 0 saturated heterocycles. The summed E-state index contributed by atoms with van der Waals surface area (Å²) in [5.41, 5.74) is 6.95. The predicted molar refractivity (Wildman–Crippen MR) is 97.7 cm³/mol. The molecule has 0 aliphatic heterocycles. The van der Waals surface area contributed by atoms with Crippen LogP contribution >= 0.6 is 0 Å². The van der Waals surface area contributed by atoms with E-state index in [1.165, 1.54) is 6.26 Å². The number of nitrogens with one attached hydrogen (secondary N) is 1. The fourth-order valence-corrected chi connectivity index (χ4v) is 3.50. The van der Waals surface area contributed by atoms with Gasteiger partial charge >= 0.3 is 0 Å². The first-order chi connectivity index (χ1) is 13.1. The number of aromatic nitrogens is 2. The lowest BCUT2D eigenvalue weighted by Gasteiger charge is -2.18. The van der Waals surface area contributed by atoms with Gasteiger partial charge in [0.1, 0.15) is 6.04 Å². The Balaban J connectivity index is 1.59. The molecular weight excluding hydrogens is 344 g/mol. The van der Waals surface area contributed by atoms with Gasteiger partial charge in [-0.3, -0.25) is 4.79 Å². The Morgan fingerprint density at radius 2 is 1.96 bits per heavy atom. The first-order valence-corrected chi connectivity index (χ1v) is 9.15. The third-order valence-corrected chi connectivity index (χ3v) is 5.01. The highest BCUT2D eigenvalue weighted by molar-refractivity contribution is 5.91. The fraction of sp³-hybridized carbons (Fsp3) is 0.350. The van der Waals surface area contributed by atoms with Gasteiger partial charge in [0.05, 0.1) is 11.8 Å². The number of benzene rings is 1. The van der Waals surface area contributed by atoms with Crippen LogP contribution in [0.15, 0.2) is 57.7 Å². The largest absolute Gasteiger partial charge is 0.459 e. The molecule has 7 heteroatoms. The molecule has 1 aromatic carbocycles. The van der Waals surface area contributed by atoms with E-state index in [2.05, 4.69) is 15.5 Å². The van der Waals surface area contributed by atoms with Gasteiger partial charge in [-0.15, -0.1) is 0 Å². The van der Waals surface area contributed by atoms with Crippen LogP contribution in [0.2, 0.25) is 0 Å². The van der Waals surface area contributed by atoms with Gasteiger partial charge in [0.25, 0.3) is 5.91 Å². The van der Waals surface area contributed by atoms with E-state index < -0.39 is 11.6 Å². The second-order valence-corrected chi connectivity index (χ2v) is 7.01. The number of nitrogens with two attached hydrogens (primary N) is 1. The molecule has 2 aromatic heterocycles. The van der Waals surface area contributed by atoms with Crippen molar-refractivity contribution in [1.82, 2.24) is 15.5 Å². The van der Waals surface area contributed by atoms with Gasteiger partial charge in [-0.2, -0.15) is 4.98 Å². The molecule has 1 aliphatic rings. The highest BCUT2D eigenvalue weighted by atomic mass is 16.5. The Bertz CT molecular complexity index is 883. The highest BCUT2D eigenvalue weighted by Crippen LogP contribution is 2.35. The molecule has 4 rings (SSSR count). The standard InChI is InChI=1S/C20H22N4O3/c21-20(10-4-5-11-20)19-23-18(27-24-19)15(13-14-7-2-1-3-8-14)22-17(25)16-9-6-12-26-16/h1-3,6-9,12,15H,4-5,10-11,13,21H2,(H,22,25). The number of carbonyl (C=O) groups is 1. The van der Waals surface area contributed by atoms with Gasteiger partial charge in [0.15, 0.2) is 11.6 Å². The van der Waals surface area contributed by atoms with E-state index in [-0.39, 0.29) is 11.7 Å². The number of hydrogen-bond acceptors (Lipinski definition) is 6. The second-order valence-electron chi connectivity index (χ2n) is 7.01. The molecule has 0 spiro atoms. The smallest absolute Gasteiger partial charge is 0.287 e. The summed E-state index contributed by atoms with van der Waals surface area (Å²) in [6.07, 6.45) is 5.78. The van der Waals surface area contributed by atoms with Gasteiger partial charge in [-0.05, 0) is 30.5 Å². The maximum atomic E-state index is 12.5. The van der Waals surface area contributed by atoms with Crippen molar-refractivity contribution in [1.29, 1.82) is 0 Å². The van der Waals surface area contributed by atoms with Crippen LogP contribution in [0.1, 0.15) is 59.6 Å². The Morgan fingerprint density at radius 1 is 1.19 bits per heavy atom. The van der Waals surface area contributed by atoms with Gasteiger partial charge in [-0.25, -0.2) is 0 Å². The Morgan fingerprint density at radius 3 is 2.67 bits per heavy atom. The second kappa shape index (κ2) is 7.36. The van der Waals surface area contributed by atoms with Crippen LogP contribution in [-0.2, 0) is 12.0 Å². The van der Waals surface area contributed by atoms with E-state index in [4.69, 9.17) is 14.7 Å². The SMILES string of the molecule is NC1(c2noc(C(Cc3ccccc3)NC(=O)c3ccco3)n2)CCCC1.